The number of anilines is 1. The Balaban J connectivity index is 1.24. The molecule has 1 saturated carbocycles. The molecule has 5 nitrogen and oxygen atoms in total. The first kappa shape index (κ1) is 26.7. The van der Waals surface area contributed by atoms with Crippen molar-refractivity contribution in [2.24, 2.45) is 11.8 Å². The van der Waals surface area contributed by atoms with E-state index in [9.17, 15) is 4.79 Å². The lowest BCUT2D eigenvalue weighted by Crippen LogP contribution is -2.27. The van der Waals surface area contributed by atoms with E-state index in [0.29, 0.717) is 10.9 Å². The normalized spacial score (nSPS) is 20.1. The number of allylic oxidation sites excluding steroid dienone is 4. The van der Waals surface area contributed by atoms with Crippen LogP contribution >= 0.6 is 23.2 Å². The zero-order chi connectivity index (χ0) is 27.5. The Hall–Kier alpha value is -3.54. The third kappa shape index (κ3) is 5.81. The molecule has 0 unspecified atom stereocenters. The van der Waals surface area contributed by atoms with Crippen molar-refractivity contribution in [1.29, 1.82) is 0 Å². The lowest BCUT2D eigenvalue weighted by atomic mass is 9.74. The number of halogens is 2. The summed E-state index contributed by atoms with van der Waals surface area (Å²) in [5, 5.41) is 9.42. The SMILES string of the molecule is O=C(Nc1ccc(Cl)cc1)C1CCC(C2=C3[N-]C=CC=C3C(CCCn3ccnc3)=Cc3cc(Cl)ccc32)CC1. The quantitative estimate of drug-likeness (QED) is 0.308. The molecule has 1 fully saturated rings. The standard InChI is InChI=1S/C33H31Cl2N4O/c34-26-9-12-28(13-10-26)38-33(40)23-7-5-22(6-8-23)31-29-14-11-27(35)20-25(29)19-24(30-4-1-15-37-32(30)31)3-2-17-39-18-16-36-21-39/h1,4,9-16,18-23H,2-3,5-8,17H2,(H,38,40)/q-1. The van der Waals surface area contributed by atoms with Crippen molar-refractivity contribution < 1.29 is 4.79 Å². The summed E-state index contributed by atoms with van der Waals surface area (Å²) in [7, 11) is 0. The number of carbonyl (C=O) groups is 1. The van der Waals surface area contributed by atoms with Gasteiger partial charge in [-0.15, -0.1) is 5.70 Å². The largest absolute Gasteiger partial charge is 0.663 e. The molecular weight excluding hydrogens is 539 g/mol. The Morgan fingerprint density at radius 1 is 1.05 bits per heavy atom. The monoisotopic (exact) mass is 569 g/mol. The third-order valence-electron chi connectivity index (χ3n) is 8.08. The second-order valence-corrected chi connectivity index (χ2v) is 11.5. The van der Waals surface area contributed by atoms with Crippen LogP contribution in [0.5, 0.6) is 0 Å². The van der Waals surface area contributed by atoms with Gasteiger partial charge in [-0.1, -0.05) is 53.1 Å². The molecule has 0 radical (unpaired) electrons. The van der Waals surface area contributed by atoms with Crippen LogP contribution in [0.1, 0.15) is 49.7 Å². The highest BCUT2D eigenvalue weighted by molar-refractivity contribution is 6.31. The molecule has 6 rings (SSSR count). The molecule has 2 aliphatic carbocycles. The third-order valence-corrected chi connectivity index (χ3v) is 8.57. The number of hydrogen-bond donors (Lipinski definition) is 1. The molecule has 1 N–H and O–H groups in total. The van der Waals surface area contributed by atoms with Crippen LogP contribution in [0.2, 0.25) is 10.0 Å². The molecule has 204 valence electrons. The molecule has 1 aromatic heterocycles. The van der Waals surface area contributed by atoms with Crippen molar-refractivity contribution in [2.45, 2.75) is 45.1 Å². The number of hydrogen-bond acceptors (Lipinski definition) is 2. The lowest BCUT2D eigenvalue weighted by molar-refractivity contribution is -0.120. The summed E-state index contributed by atoms with van der Waals surface area (Å²) in [6.07, 6.45) is 19.6. The fourth-order valence-corrected chi connectivity index (χ4v) is 6.39. The smallest absolute Gasteiger partial charge is 0.227 e. The topological polar surface area (TPSA) is 61.0 Å². The van der Waals surface area contributed by atoms with Crippen LogP contribution in [0.25, 0.3) is 17.0 Å². The van der Waals surface area contributed by atoms with E-state index in [1.807, 2.05) is 49.2 Å². The van der Waals surface area contributed by atoms with E-state index in [0.717, 1.165) is 67.0 Å². The van der Waals surface area contributed by atoms with Crippen LogP contribution < -0.4 is 5.32 Å². The van der Waals surface area contributed by atoms with Gasteiger partial charge in [-0.3, -0.25) is 4.79 Å². The summed E-state index contributed by atoms with van der Waals surface area (Å²) in [4.78, 5) is 17.2. The van der Waals surface area contributed by atoms with Crippen molar-refractivity contribution in [2.75, 3.05) is 5.32 Å². The lowest BCUT2D eigenvalue weighted by Gasteiger charge is -2.37. The first-order valence-electron chi connectivity index (χ1n) is 13.9. The minimum atomic E-state index is -0.0111. The summed E-state index contributed by atoms with van der Waals surface area (Å²) >= 11 is 12.5. The molecule has 0 atom stereocenters. The molecule has 1 aliphatic heterocycles. The highest BCUT2D eigenvalue weighted by atomic mass is 35.5. The van der Waals surface area contributed by atoms with Crippen LogP contribution in [-0.2, 0) is 11.3 Å². The number of benzene rings is 2. The van der Waals surface area contributed by atoms with E-state index < -0.39 is 0 Å². The van der Waals surface area contributed by atoms with Gasteiger partial charge in [0.05, 0.1) is 6.33 Å². The number of amides is 1. The fraction of sp³-hybridized carbons (Fsp3) is 0.273. The maximum atomic E-state index is 13.1. The molecule has 0 saturated heterocycles. The number of imidazole rings is 1. The number of aryl methyl sites for hydroxylation is 1. The van der Waals surface area contributed by atoms with Gasteiger partial charge in [0.2, 0.25) is 5.91 Å². The molecule has 2 heterocycles. The van der Waals surface area contributed by atoms with E-state index in [1.165, 1.54) is 22.3 Å². The number of aromatic nitrogens is 2. The van der Waals surface area contributed by atoms with E-state index in [-0.39, 0.29) is 11.8 Å². The Morgan fingerprint density at radius 3 is 2.62 bits per heavy atom. The maximum absolute atomic E-state index is 13.1. The van der Waals surface area contributed by atoms with Gasteiger partial charge in [-0.2, -0.15) is 6.20 Å². The molecule has 3 aromatic rings. The highest BCUT2D eigenvalue weighted by Crippen LogP contribution is 2.48. The highest BCUT2D eigenvalue weighted by Gasteiger charge is 2.31. The van der Waals surface area contributed by atoms with Gasteiger partial charge in [0.15, 0.2) is 0 Å². The van der Waals surface area contributed by atoms with Crippen LogP contribution in [0, 0.1) is 11.8 Å². The Bertz CT molecular complexity index is 1510. The van der Waals surface area contributed by atoms with Gasteiger partial charge in [0.1, 0.15) is 0 Å². The fourth-order valence-electron chi connectivity index (χ4n) is 6.08. The van der Waals surface area contributed by atoms with Crippen molar-refractivity contribution in [3.05, 3.63) is 123 Å². The average molecular weight is 571 g/mol. The first-order chi connectivity index (χ1) is 19.5. The molecule has 7 heteroatoms. The molecule has 3 aliphatic rings. The van der Waals surface area contributed by atoms with Crippen molar-refractivity contribution in [3.63, 3.8) is 0 Å². The number of nitrogens with one attached hydrogen (secondary N) is 1. The van der Waals surface area contributed by atoms with E-state index in [4.69, 9.17) is 28.5 Å². The van der Waals surface area contributed by atoms with Crippen LogP contribution in [0.15, 0.2) is 96.4 Å². The van der Waals surface area contributed by atoms with Crippen molar-refractivity contribution in [3.8, 4) is 0 Å². The second-order valence-electron chi connectivity index (χ2n) is 10.7. The summed E-state index contributed by atoms with van der Waals surface area (Å²) in [6.45, 7) is 0.911. The van der Waals surface area contributed by atoms with E-state index >= 15 is 0 Å². The number of rotatable bonds is 7. The molecule has 40 heavy (non-hydrogen) atoms. The molecular formula is C33H31Cl2N4O-. The zero-order valence-electron chi connectivity index (χ0n) is 22.2. The number of fused-ring (bicyclic) bond motifs is 2. The van der Waals surface area contributed by atoms with Crippen LogP contribution in [0.4, 0.5) is 5.69 Å². The number of carbonyl (C=O) groups excluding carboxylic acids is 1. The number of nitrogens with zero attached hydrogens (tertiary/aromatic N) is 3. The van der Waals surface area contributed by atoms with Gasteiger partial charge in [-0.05, 0) is 103 Å². The molecule has 0 spiro atoms. The predicted molar refractivity (Wildman–Crippen MR) is 164 cm³/mol. The van der Waals surface area contributed by atoms with Gasteiger partial charge in [-0.25, -0.2) is 4.98 Å². The molecule has 2 aromatic carbocycles. The van der Waals surface area contributed by atoms with Crippen molar-refractivity contribution in [1.82, 2.24) is 9.55 Å². The summed E-state index contributed by atoms with van der Waals surface area (Å²) in [6, 6.07) is 13.5. The first-order valence-corrected chi connectivity index (χ1v) is 14.7. The van der Waals surface area contributed by atoms with Gasteiger partial charge in [0, 0.05) is 40.6 Å². The van der Waals surface area contributed by atoms with Gasteiger partial charge < -0.3 is 15.2 Å². The van der Waals surface area contributed by atoms with Gasteiger partial charge >= 0.3 is 0 Å². The predicted octanol–water partition coefficient (Wildman–Crippen LogP) is 9.05. The molecule has 0 bridgehead atoms. The summed E-state index contributed by atoms with van der Waals surface area (Å²) in [5.41, 5.74) is 7.93. The van der Waals surface area contributed by atoms with Crippen LogP contribution in [0.3, 0.4) is 0 Å². The Kier molecular flexibility index (Phi) is 7.94. The second kappa shape index (κ2) is 11.9. The minimum absolute atomic E-state index is 0.0111. The zero-order valence-corrected chi connectivity index (χ0v) is 23.7. The summed E-state index contributed by atoms with van der Waals surface area (Å²) < 4.78 is 2.12. The summed E-state index contributed by atoms with van der Waals surface area (Å²) in [5.74, 6) is 0.383. The van der Waals surface area contributed by atoms with Gasteiger partial charge in [0.25, 0.3) is 0 Å². The maximum Gasteiger partial charge on any atom is 0.227 e. The van der Waals surface area contributed by atoms with E-state index in [2.05, 4.69) is 39.2 Å². The minimum Gasteiger partial charge on any atom is -0.663 e. The molecule has 1 amide bonds. The average Bonchev–Trinajstić information content (AvgIpc) is 3.45. The van der Waals surface area contributed by atoms with Crippen molar-refractivity contribution >= 4 is 46.4 Å². The Morgan fingerprint density at radius 2 is 1.85 bits per heavy atom. The van der Waals surface area contributed by atoms with Crippen LogP contribution in [-0.4, -0.2) is 15.5 Å². The van der Waals surface area contributed by atoms with E-state index in [1.54, 1.807) is 12.1 Å². The Labute approximate surface area is 245 Å².